The summed E-state index contributed by atoms with van der Waals surface area (Å²) < 4.78 is 1.61. The minimum Gasteiger partial charge on any atom is -0.355 e. The van der Waals surface area contributed by atoms with Crippen molar-refractivity contribution in [2.24, 2.45) is 5.92 Å². The van der Waals surface area contributed by atoms with E-state index in [-0.39, 0.29) is 18.4 Å². The van der Waals surface area contributed by atoms with Gasteiger partial charge in [0, 0.05) is 19.0 Å². The molecule has 2 aromatic heterocycles. The first kappa shape index (κ1) is 15.3. The van der Waals surface area contributed by atoms with Crippen molar-refractivity contribution in [1.82, 2.24) is 35.6 Å². The van der Waals surface area contributed by atoms with Crippen molar-refractivity contribution in [2.45, 2.75) is 12.8 Å². The van der Waals surface area contributed by atoms with Crippen LogP contribution in [0.2, 0.25) is 0 Å². The molecule has 0 spiro atoms. The number of amides is 4. The van der Waals surface area contributed by atoms with Crippen LogP contribution in [0.4, 0.5) is 10.6 Å². The van der Waals surface area contributed by atoms with Crippen LogP contribution in [-0.2, 0) is 9.59 Å². The van der Waals surface area contributed by atoms with Gasteiger partial charge >= 0.3 is 6.03 Å². The minimum absolute atomic E-state index is 0.147. The van der Waals surface area contributed by atoms with E-state index in [2.05, 4.69) is 30.9 Å². The van der Waals surface area contributed by atoms with Crippen LogP contribution in [0.1, 0.15) is 12.8 Å². The third-order valence-electron chi connectivity index (χ3n) is 4.38. The van der Waals surface area contributed by atoms with Crippen LogP contribution in [-0.4, -0.2) is 62.3 Å². The number of aromatic nitrogens is 4. The van der Waals surface area contributed by atoms with Gasteiger partial charge in [-0.05, 0) is 25.0 Å². The van der Waals surface area contributed by atoms with Gasteiger partial charge in [0.15, 0.2) is 5.65 Å². The molecule has 4 amide bonds. The lowest BCUT2D eigenvalue weighted by Gasteiger charge is -2.32. The van der Waals surface area contributed by atoms with Crippen LogP contribution in [0.5, 0.6) is 0 Å². The number of carbonyl (C=O) groups is 3. The van der Waals surface area contributed by atoms with Crippen molar-refractivity contribution < 1.29 is 14.4 Å². The summed E-state index contributed by atoms with van der Waals surface area (Å²) in [7, 11) is 0. The number of hydrogen-bond acceptors (Lipinski definition) is 7. The molecule has 11 nitrogen and oxygen atoms in total. The number of carbonyl (C=O) groups excluding carboxylic acids is 3. The number of hydrogen-bond donors (Lipinski definition) is 2. The molecule has 4 heterocycles. The predicted molar refractivity (Wildman–Crippen MR) is 84.1 cm³/mol. The second-order valence-corrected chi connectivity index (χ2v) is 6.00. The largest absolute Gasteiger partial charge is 0.355 e. The molecule has 2 N–H and O–H groups in total. The van der Waals surface area contributed by atoms with Crippen LogP contribution in [0.25, 0.3) is 5.65 Å². The van der Waals surface area contributed by atoms with E-state index in [0.29, 0.717) is 31.6 Å². The lowest BCUT2D eigenvalue weighted by atomic mass is 9.96. The number of nitrogens with zero attached hydrogens (tertiary/aromatic N) is 6. The Morgan fingerprint density at radius 2 is 2.04 bits per heavy atom. The van der Waals surface area contributed by atoms with E-state index in [9.17, 15) is 14.4 Å². The van der Waals surface area contributed by atoms with Crippen LogP contribution >= 0.6 is 0 Å². The fourth-order valence-electron chi connectivity index (χ4n) is 3.01. The van der Waals surface area contributed by atoms with Crippen molar-refractivity contribution in [3.8, 4) is 0 Å². The van der Waals surface area contributed by atoms with Gasteiger partial charge in [0.05, 0.1) is 0 Å². The van der Waals surface area contributed by atoms with Crippen LogP contribution in [0.15, 0.2) is 18.5 Å². The number of urea groups is 1. The zero-order valence-electron chi connectivity index (χ0n) is 13.3. The molecule has 0 saturated carbocycles. The van der Waals surface area contributed by atoms with E-state index in [0.717, 1.165) is 10.8 Å². The molecule has 130 valence electrons. The lowest BCUT2D eigenvalue weighted by Crippen LogP contribution is -2.49. The standard InChI is InChI=1S/C14H16N8O3/c23-12-7-21(14(25)16-12)19-13(24)9-3-5-20(6-4-9)11-2-1-10-17-15-8-22(10)18-11/h1-2,8-9H,3-7H2,(H,19,24)(H,16,23,25). The molecule has 4 rings (SSSR count). The molecule has 0 aromatic carbocycles. The Morgan fingerprint density at radius 3 is 2.76 bits per heavy atom. The third kappa shape index (κ3) is 2.95. The Morgan fingerprint density at radius 1 is 1.24 bits per heavy atom. The van der Waals surface area contributed by atoms with Gasteiger partial charge in [0.1, 0.15) is 18.7 Å². The van der Waals surface area contributed by atoms with Crippen molar-refractivity contribution in [3.63, 3.8) is 0 Å². The zero-order chi connectivity index (χ0) is 17.4. The van der Waals surface area contributed by atoms with Gasteiger partial charge in [-0.1, -0.05) is 0 Å². The Labute approximate surface area is 141 Å². The highest BCUT2D eigenvalue weighted by atomic mass is 16.2. The van der Waals surface area contributed by atoms with Crippen molar-refractivity contribution >= 4 is 29.3 Å². The van der Waals surface area contributed by atoms with E-state index >= 15 is 0 Å². The van der Waals surface area contributed by atoms with Gasteiger partial charge in [-0.3, -0.25) is 20.3 Å². The Balaban J connectivity index is 1.35. The fraction of sp³-hybridized carbons (Fsp3) is 0.429. The molecule has 0 unspecified atom stereocenters. The normalized spacial score (nSPS) is 18.7. The van der Waals surface area contributed by atoms with Crippen LogP contribution in [0, 0.1) is 5.92 Å². The third-order valence-corrected chi connectivity index (χ3v) is 4.38. The molecule has 11 heteroatoms. The lowest BCUT2D eigenvalue weighted by molar-refractivity contribution is -0.129. The smallest absolute Gasteiger partial charge is 0.343 e. The van der Waals surface area contributed by atoms with Gasteiger partial charge in [-0.25, -0.2) is 9.80 Å². The van der Waals surface area contributed by atoms with Gasteiger partial charge < -0.3 is 4.90 Å². The molecule has 2 aliphatic heterocycles. The maximum atomic E-state index is 12.3. The minimum atomic E-state index is -0.595. The number of imide groups is 1. The van der Waals surface area contributed by atoms with E-state index in [1.807, 2.05) is 12.1 Å². The number of rotatable bonds is 3. The molecule has 0 radical (unpaired) electrons. The Bertz CT molecular complexity index is 841. The summed E-state index contributed by atoms with van der Waals surface area (Å²) in [6.07, 6.45) is 2.82. The zero-order valence-corrected chi connectivity index (χ0v) is 13.3. The number of fused-ring (bicyclic) bond motifs is 1. The van der Waals surface area contributed by atoms with E-state index in [1.165, 1.54) is 0 Å². The van der Waals surface area contributed by atoms with Gasteiger partial charge in [0.2, 0.25) is 11.8 Å². The summed E-state index contributed by atoms with van der Waals surface area (Å²) in [5.41, 5.74) is 3.19. The molecule has 2 aliphatic rings. The summed E-state index contributed by atoms with van der Waals surface area (Å²) in [5.74, 6) is -0.0728. The van der Waals surface area contributed by atoms with E-state index in [4.69, 9.17) is 0 Å². The highest BCUT2D eigenvalue weighted by Gasteiger charge is 2.32. The highest BCUT2D eigenvalue weighted by Crippen LogP contribution is 2.22. The van der Waals surface area contributed by atoms with Crippen molar-refractivity contribution in [3.05, 3.63) is 18.5 Å². The molecular formula is C14H16N8O3. The predicted octanol–water partition coefficient (Wildman–Crippen LogP) is -1.08. The molecule has 0 aliphatic carbocycles. The average molecular weight is 344 g/mol. The number of piperidine rings is 1. The molecule has 25 heavy (non-hydrogen) atoms. The van der Waals surface area contributed by atoms with Gasteiger partial charge in [0.25, 0.3) is 0 Å². The quantitative estimate of drug-likeness (QED) is 0.679. The Kier molecular flexibility index (Phi) is 3.67. The van der Waals surface area contributed by atoms with E-state index in [1.54, 1.807) is 10.8 Å². The molecule has 0 bridgehead atoms. The second kappa shape index (κ2) is 6.00. The summed E-state index contributed by atoms with van der Waals surface area (Å²) in [6, 6.07) is 3.13. The molecule has 2 aromatic rings. The van der Waals surface area contributed by atoms with E-state index < -0.39 is 11.9 Å². The monoisotopic (exact) mass is 344 g/mol. The summed E-state index contributed by atoms with van der Waals surface area (Å²) >= 11 is 0. The molecular weight excluding hydrogens is 328 g/mol. The van der Waals surface area contributed by atoms with Crippen LogP contribution < -0.4 is 15.6 Å². The van der Waals surface area contributed by atoms with Crippen molar-refractivity contribution in [1.29, 1.82) is 0 Å². The van der Waals surface area contributed by atoms with Crippen molar-refractivity contribution in [2.75, 3.05) is 24.5 Å². The highest BCUT2D eigenvalue weighted by molar-refractivity contribution is 6.02. The number of hydrazine groups is 1. The first-order valence-corrected chi connectivity index (χ1v) is 7.94. The molecule has 0 atom stereocenters. The fourth-order valence-corrected chi connectivity index (χ4v) is 3.01. The van der Waals surface area contributed by atoms with Gasteiger partial charge in [-0.2, -0.15) is 4.52 Å². The second-order valence-electron chi connectivity index (χ2n) is 6.00. The number of anilines is 1. The van der Waals surface area contributed by atoms with Gasteiger partial charge in [-0.15, -0.1) is 15.3 Å². The molecule has 2 fully saturated rings. The summed E-state index contributed by atoms with van der Waals surface area (Å²) in [6.45, 7) is 1.19. The summed E-state index contributed by atoms with van der Waals surface area (Å²) in [4.78, 5) is 37.0. The molecule has 2 saturated heterocycles. The first-order valence-electron chi connectivity index (χ1n) is 7.94. The topological polar surface area (TPSA) is 125 Å². The van der Waals surface area contributed by atoms with Crippen LogP contribution in [0.3, 0.4) is 0 Å². The number of nitrogens with one attached hydrogen (secondary N) is 2. The Hall–Kier alpha value is -3.24. The first-order chi connectivity index (χ1) is 12.1. The maximum absolute atomic E-state index is 12.3. The SMILES string of the molecule is O=C1CN(NC(=O)C2CCN(c3ccc4nncn4n3)CC2)C(=O)N1. The average Bonchev–Trinajstić information content (AvgIpc) is 3.20. The summed E-state index contributed by atoms with van der Waals surface area (Å²) in [5, 5.41) is 15.3. The maximum Gasteiger partial charge on any atom is 0.343 e.